The van der Waals surface area contributed by atoms with Gasteiger partial charge in [-0.3, -0.25) is 24.1 Å². The first-order valence-corrected chi connectivity index (χ1v) is 12.3. The second-order valence-electron chi connectivity index (χ2n) is 8.92. The number of Topliss-reactive ketones (excluding diaryl/α,β-unsaturated/α-hetero) is 1. The number of halogens is 2. The molecule has 36 heavy (non-hydrogen) atoms. The molecule has 1 aromatic rings. The van der Waals surface area contributed by atoms with Crippen LogP contribution in [0.25, 0.3) is 0 Å². The molecular weight excluding hydrogens is 495 g/mol. The van der Waals surface area contributed by atoms with Gasteiger partial charge >= 0.3 is 0 Å². The molecule has 0 spiro atoms. The smallest absolute Gasteiger partial charge is 0.298 e. The van der Waals surface area contributed by atoms with Crippen molar-refractivity contribution < 1.29 is 33.0 Å². The number of carbonyl (C=O) groups is 4. The summed E-state index contributed by atoms with van der Waals surface area (Å²) < 4.78 is 25.5. The minimum Gasteiger partial charge on any atom is -0.492 e. The first-order valence-electron chi connectivity index (χ1n) is 11.9. The van der Waals surface area contributed by atoms with Crippen LogP contribution in [0, 0.1) is 5.82 Å². The molecule has 3 heterocycles. The number of amides is 3. The Labute approximate surface area is 212 Å². The van der Waals surface area contributed by atoms with Crippen molar-refractivity contribution in [1.29, 1.82) is 0 Å². The minimum atomic E-state index is -1.63. The van der Waals surface area contributed by atoms with Gasteiger partial charge in [0.05, 0.1) is 25.9 Å². The molecule has 0 radical (unpaired) electrons. The Bertz CT molecular complexity index is 1110. The zero-order valence-corrected chi connectivity index (χ0v) is 20.8. The molecule has 0 aromatic heterocycles. The lowest BCUT2D eigenvalue weighted by Gasteiger charge is -2.37. The highest BCUT2D eigenvalue weighted by Crippen LogP contribution is 2.32. The van der Waals surface area contributed by atoms with Crippen LogP contribution in [0.3, 0.4) is 0 Å². The number of rotatable bonds is 1. The Morgan fingerprint density at radius 1 is 1.19 bits per heavy atom. The Kier molecular flexibility index (Phi) is 7.89. The molecule has 1 unspecified atom stereocenters. The number of carbonyl (C=O) groups excluding carboxylic acids is 4. The van der Waals surface area contributed by atoms with Crippen molar-refractivity contribution in [3.05, 3.63) is 28.5 Å². The number of aliphatic imine (C=N–C) groups is 1. The van der Waals surface area contributed by atoms with Gasteiger partial charge in [0.2, 0.25) is 5.91 Å². The monoisotopic (exact) mass is 522 g/mol. The topological polar surface area (TPSA) is 118 Å². The van der Waals surface area contributed by atoms with E-state index in [9.17, 15) is 23.6 Å². The number of nitrogens with one attached hydrogen (secondary N) is 1. The van der Waals surface area contributed by atoms with E-state index in [2.05, 4.69) is 10.3 Å². The number of nitrogens with zero attached hydrogens (tertiary/aromatic N) is 3. The highest BCUT2D eigenvalue weighted by atomic mass is 35.5. The van der Waals surface area contributed by atoms with Crippen molar-refractivity contribution in [1.82, 2.24) is 15.1 Å². The molecule has 2 bridgehead atoms. The summed E-state index contributed by atoms with van der Waals surface area (Å²) >= 11 is 6.10. The van der Waals surface area contributed by atoms with E-state index in [0.29, 0.717) is 24.8 Å². The summed E-state index contributed by atoms with van der Waals surface area (Å²) in [6.07, 6.45) is 1.66. The van der Waals surface area contributed by atoms with E-state index >= 15 is 0 Å². The second kappa shape index (κ2) is 10.9. The molecule has 194 valence electrons. The fourth-order valence-corrected chi connectivity index (χ4v) is 4.71. The summed E-state index contributed by atoms with van der Waals surface area (Å²) in [7, 11) is 1.58. The summed E-state index contributed by atoms with van der Waals surface area (Å²) in [5.74, 6) is -3.30. The maximum absolute atomic E-state index is 14.1. The van der Waals surface area contributed by atoms with Gasteiger partial charge in [0.1, 0.15) is 28.5 Å². The Hall–Kier alpha value is -3.05. The Morgan fingerprint density at radius 3 is 2.72 bits per heavy atom. The molecule has 3 amide bonds. The lowest BCUT2D eigenvalue weighted by molar-refractivity contribution is -0.147. The van der Waals surface area contributed by atoms with Gasteiger partial charge in [-0.15, -0.1) is 0 Å². The average Bonchev–Trinajstić information content (AvgIpc) is 3.05. The van der Waals surface area contributed by atoms with E-state index < -0.39 is 41.5 Å². The van der Waals surface area contributed by atoms with Gasteiger partial charge < -0.3 is 19.7 Å². The van der Waals surface area contributed by atoms with Crippen LogP contribution in [-0.2, 0) is 30.5 Å². The highest BCUT2D eigenvalue weighted by molar-refractivity contribution is 6.46. The van der Waals surface area contributed by atoms with Crippen LogP contribution in [0.1, 0.15) is 38.2 Å². The second-order valence-corrected chi connectivity index (χ2v) is 9.30. The zero-order valence-electron chi connectivity index (χ0n) is 20.1. The molecular formula is C24H28ClFN4O6. The summed E-state index contributed by atoms with van der Waals surface area (Å²) in [4.78, 5) is 59.4. The molecule has 1 aromatic carbocycles. The minimum absolute atomic E-state index is 0.0720. The SMILES string of the molecule is CC[C@H]1COC[C@@H]2C3=NC(C(=O)NCc4ccc(F)c(Cl)c4OCCCCC(=O)N2C)C(=O)C(=O)N31. The maximum atomic E-state index is 14.1. The van der Waals surface area contributed by atoms with Crippen LogP contribution in [0.4, 0.5) is 4.39 Å². The normalized spacial score (nSPS) is 26.0. The first-order chi connectivity index (χ1) is 17.2. The average molecular weight is 523 g/mol. The van der Waals surface area contributed by atoms with Crippen LogP contribution in [0.2, 0.25) is 5.02 Å². The zero-order chi connectivity index (χ0) is 26.0. The van der Waals surface area contributed by atoms with Gasteiger partial charge in [-0.05, 0) is 25.3 Å². The maximum Gasteiger partial charge on any atom is 0.298 e. The number of benzene rings is 1. The van der Waals surface area contributed by atoms with E-state index in [-0.39, 0.29) is 55.3 Å². The van der Waals surface area contributed by atoms with E-state index in [0.717, 1.165) is 6.07 Å². The largest absolute Gasteiger partial charge is 0.492 e. The summed E-state index contributed by atoms with van der Waals surface area (Å²) in [6.45, 7) is 2.16. The molecule has 12 heteroatoms. The molecule has 0 aliphatic carbocycles. The van der Waals surface area contributed by atoms with Gasteiger partial charge in [-0.2, -0.15) is 0 Å². The predicted octanol–water partition coefficient (Wildman–Crippen LogP) is 1.47. The van der Waals surface area contributed by atoms with Gasteiger partial charge in [0.25, 0.3) is 17.6 Å². The summed E-state index contributed by atoms with van der Waals surface area (Å²) in [5, 5.41) is 2.36. The molecule has 3 aliphatic rings. The number of ketones is 1. The number of fused-ring (bicyclic) bond motifs is 2. The third kappa shape index (κ3) is 4.94. The molecule has 3 atom stereocenters. The van der Waals surface area contributed by atoms with Crippen molar-refractivity contribution in [2.45, 2.75) is 57.3 Å². The van der Waals surface area contributed by atoms with Crippen molar-refractivity contribution in [3.8, 4) is 5.75 Å². The van der Waals surface area contributed by atoms with Crippen LogP contribution in [0.5, 0.6) is 5.75 Å². The lowest BCUT2D eigenvalue weighted by Crippen LogP contribution is -2.61. The van der Waals surface area contributed by atoms with E-state index in [4.69, 9.17) is 21.1 Å². The van der Waals surface area contributed by atoms with E-state index in [1.807, 2.05) is 6.92 Å². The van der Waals surface area contributed by atoms with Crippen molar-refractivity contribution in [3.63, 3.8) is 0 Å². The molecule has 10 nitrogen and oxygen atoms in total. The van der Waals surface area contributed by atoms with Crippen molar-refractivity contribution in [2.75, 3.05) is 26.9 Å². The quantitative estimate of drug-likeness (QED) is 0.441. The summed E-state index contributed by atoms with van der Waals surface area (Å²) in [6, 6.07) is -0.251. The fourth-order valence-electron chi connectivity index (χ4n) is 4.47. The Morgan fingerprint density at radius 2 is 1.97 bits per heavy atom. The van der Waals surface area contributed by atoms with Crippen molar-refractivity contribution >= 4 is 40.9 Å². The molecule has 1 N–H and O–H groups in total. The predicted molar refractivity (Wildman–Crippen MR) is 127 cm³/mol. The number of hydrogen-bond acceptors (Lipinski definition) is 7. The van der Waals surface area contributed by atoms with Gasteiger partial charge in [-0.25, -0.2) is 9.38 Å². The van der Waals surface area contributed by atoms with Gasteiger partial charge in [0.15, 0.2) is 6.04 Å². The Balaban J connectivity index is 1.75. The lowest BCUT2D eigenvalue weighted by atomic mass is 10.0. The third-order valence-electron chi connectivity index (χ3n) is 6.63. The molecule has 4 rings (SSSR count). The highest BCUT2D eigenvalue weighted by Gasteiger charge is 2.47. The molecule has 1 saturated heterocycles. The van der Waals surface area contributed by atoms with Crippen molar-refractivity contribution in [2.24, 2.45) is 4.99 Å². The molecule has 0 saturated carbocycles. The number of amidine groups is 1. The molecule has 3 aliphatic heterocycles. The standard InChI is InChI=1S/C24H28ClFN4O6/c1-3-14-11-35-12-16-22-28-19(20(32)24(34)30(14)22)23(33)27-10-13-7-8-15(26)18(25)21(13)36-9-5-4-6-17(31)29(16)2/h7-8,14,16,19H,3-6,9-12H2,1-2H3,(H,27,33)/t14-,16+,19?/m0/s1. The van der Waals surface area contributed by atoms with Crippen LogP contribution in [0.15, 0.2) is 17.1 Å². The third-order valence-corrected chi connectivity index (χ3v) is 6.98. The van der Waals surface area contributed by atoms with Crippen LogP contribution >= 0.6 is 11.6 Å². The number of likely N-dealkylation sites (N-methyl/N-ethyl adjacent to an activating group) is 1. The van der Waals surface area contributed by atoms with Crippen LogP contribution < -0.4 is 10.1 Å². The van der Waals surface area contributed by atoms with E-state index in [1.165, 1.54) is 15.9 Å². The fraction of sp³-hybridized carbons (Fsp3) is 0.542. The first kappa shape index (κ1) is 26.0. The van der Waals surface area contributed by atoms with E-state index in [1.54, 1.807) is 7.05 Å². The van der Waals surface area contributed by atoms with Gasteiger partial charge in [0, 0.05) is 25.6 Å². The number of ether oxygens (including phenoxy) is 2. The molecule has 1 fully saturated rings. The summed E-state index contributed by atoms with van der Waals surface area (Å²) in [5.41, 5.74) is 0.397. The number of hydrogen-bond donors (Lipinski definition) is 1. The van der Waals surface area contributed by atoms with Gasteiger partial charge in [-0.1, -0.05) is 24.6 Å². The van der Waals surface area contributed by atoms with Crippen LogP contribution in [-0.4, -0.2) is 84.1 Å².